The Labute approximate surface area is 137 Å². The van der Waals surface area contributed by atoms with Crippen molar-refractivity contribution in [2.45, 2.75) is 13.0 Å². The molecule has 0 aliphatic rings. The van der Waals surface area contributed by atoms with Crippen LogP contribution in [0.2, 0.25) is 5.02 Å². The van der Waals surface area contributed by atoms with E-state index >= 15 is 0 Å². The molecule has 0 spiro atoms. The van der Waals surface area contributed by atoms with Crippen molar-refractivity contribution in [3.05, 3.63) is 64.9 Å². The molecule has 0 aromatic heterocycles. The highest BCUT2D eigenvalue weighted by molar-refractivity contribution is 6.32. The Morgan fingerprint density at radius 1 is 1.09 bits per heavy atom. The van der Waals surface area contributed by atoms with Gasteiger partial charge in [-0.25, -0.2) is 4.39 Å². The van der Waals surface area contributed by atoms with Crippen LogP contribution in [0.1, 0.15) is 17.3 Å². The number of carbonyl (C=O) groups excluding carboxylic acids is 2. The molecule has 0 saturated heterocycles. The number of halogens is 2. The molecule has 2 N–H and O–H groups in total. The van der Waals surface area contributed by atoms with Crippen LogP contribution in [0.5, 0.6) is 5.75 Å². The minimum Gasteiger partial charge on any atom is -0.479 e. The standard InChI is InChI=1S/C16H14ClFN2O3/c1-10(23-14-9-5-3-7-12(14)17)15(21)19-20-16(22)11-6-2-4-8-13(11)18/h2-10H,1H3,(H,19,21)(H,20,22). The van der Waals surface area contributed by atoms with E-state index < -0.39 is 23.7 Å². The monoisotopic (exact) mass is 336 g/mol. The van der Waals surface area contributed by atoms with Crippen LogP contribution >= 0.6 is 11.6 Å². The van der Waals surface area contributed by atoms with Crippen molar-refractivity contribution in [3.8, 4) is 5.75 Å². The quantitative estimate of drug-likeness (QED) is 0.844. The van der Waals surface area contributed by atoms with Crippen molar-refractivity contribution in [2.24, 2.45) is 0 Å². The predicted octanol–water partition coefficient (Wildman–Crippen LogP) is 2.71. The Morgan fingerprint density at radius 2 is 1.74 bits per heavy atom. The van der Waals surface area contributed by atoms with Gasteiger partial charge < -0.3 is 4.74 Å². The molecular formula is C16H14ClFN2O3. The first-order valence-electron chi connectivity index (χ1n) is 6.75. The number of amides is 2. The van der Waals surface area contributed by atoms with Crippen molar-refractivity contribution >= 4 is 23.4 Å². The van der Waals surface area contributed by atoms with E-state index in [-0.39, 0.29) is 5.56 Å². The second-order valence-electron chi connectivity index (χ2n) is 4.61. The number of benzene rings is 2. The lowest BCUT2D eigenvalue weighted by atomic mass is 10.2. The van der Waals surface area contributed by atoms with Crippen molar-refractivity contribution in [1.29, 1.82) is 0 Å². The van der Waals surface area contributed by atoms with Crippen LogP contribution in [0.25, 0.3) is 0 Å². The number of para-hydroxylation sites is 1. The summed E-state index contributed by atoms with van der Waals surface area (Å²) in [6, 6.07) is 12.1. The topological polar surface area (TPSA) is 67.4 Å². The van der Waals surface area contributed by atoms with E-state index in [1.807, 2.05) is 0 Å². The van der Waals surface area contributed by atoms with Crippen LogP contribution in [0.15, 0.2) is 48.5 Å². The first-order chi connectivity index (χ1) is 11.0. The molecule has 2 aromatic rings. The highest BCUT2D eigenvalue weighted by atomic mass is 35.5. The van der Waals surface area contributed by atoms with Gasteiger partial charge in [0.1, 0.15) is 11.6 Å². The van der Waals surface area contributed by atoms with Gasteiger partial charge in [0.25, 0.3) is 11.8 Å². The van der Waals surface area contributed by atoms with Gasteiger partial charge in [-0.1, -0.05) is 35.9 Å². The molecule has 0 bridgehead atoms. The molecular weight excluding hydrogens is 323 g/mol. The Bertz CT molecular complexity index is 724. The second kappa shape index (κ2) is 7.60. The predicted molar refractivity (Wildman–Crippen MR) is 83.6 cm³/mol. The summed E-state index contributed by atoms with van der Waals surface area (Å²) >= 11 is 5.93. The van der Waals surface area contributed by atoms with Gasteiger partial charge in [-0.3, -0.25) is 20.4 Å². The fourth-order valence-electron chi connectivity index (χ4n) is 1.72. The number of rotatable bonds is 4. The van der Waals surface area contributed by atoms with E-state index in [0.29, 0.717) is 10.8 Å². The molecule has 1 atom stereocenters. The van der Waals surface area contributed by atoms with Gasteiger partial charge in [-0.2, -0.15) is 0 Å². The SMILES string of the molecule is CC(Oc1ccccc1Cl)C(=O)NNC(=O)c1ccccc1F. The van der Waals surface area contributed by atoms with Crippen molar-refractivity contribution < 1.29 is 18.7 Å². The van der Waals surface area contributed by atoms with Gasteiger partial charge in [-0.05, 0) is 31.2 Å². The summed E-state index contributed by atoms with van der Waals surface area (Å²) in [7, 11) is 0. The molecule has 0 radical (unpaired) electrons. The van der Waals surface area contributed by atoms with Crippen molar-refractivity contribution in [1.82, 2.24) is 10.9 Å². The number of nitrogens with one attached hydrogen (secondary N) is 2. The van der Waals surface area contributed by atoms with Crippen LogP contribution in [0, 0.1) is 5.82 Å². The first kappa shape index (κ1) is 16.8. The molecule has 0 heterocycles. The fraction of sp³-hybridized carbons (Fsp3) is 0.125. The number of hydrogen-bond donors (Lipinski definition) is 2. The van der Waals surface area contributed by atoms with Crippen molar-refractivity contribution in [3.63, 3.8) is 0 Å². The first-order valence-corrected chi connectivity index (χ1v) is 7.12. The summed E-state index contributed by atoms with van der Waals surface area (Å²) in [5.41, 5.74) is 4.13. The molecule has 2 amide bonds. The molecule has 7 heteroatoms. The third-order valence-corrected chi connectivity index (χ3v) is 3.24. The van der Waals surface area contributed by atoms with E-state index in [0.717, 1.165) is 6.07 Å². The number of hydrazine groups is 1. The van der Waals surface area contributed by atoms with Crippen molar-refractivity contribution in [2.75, 3.05) is 0 Å². The van der Waals surface area contributed by atoms with Crippen LogP contribution < -0.4 is 15.6 Å². The molecule has 0 aliphatic heterocycles. The largest absolute Gasteiger partial charge is 0.479 e. The molecule has 2 rings (SSSR count). The highest BCUT2D eigenvalue weighted by Crippen LogP contribution is 2.24. The third kappa shape index (κ3) is 4.43. The lowest BCUT2D eigenvalue weighted by Gasteiger charge is -2.16. The lowest BCUT2D eigenvalue weighted by Crippen LogP contribution is -2.47. The van der Waals surface area contributed by atoms with E-state index in [1.165, 1.54) is 25.1 Å². The van der Waals surface area contributed by atoms with Crippen LogP contribution in [0.3, 0.4) is 0 Å². The molecule has 0 fully saturated rings. The second-order valence-corrected chi connectivity index (χ2v) is 5.02. The zero-order valence-corrected chi connectivity index (χ0v) is 12.9. The molecule has 23 heavy (non-hydrogen) atoms. The third-order valence-electron chi connectivity index (χ3n) is 2.93. The summed E-state index contributed by atoms with van der Waals surface area (Å²) < 4.78 is 18.8. The number of carbonyl (C=O) groups is 2. The summed E-state index contributed by atoms with van der Waals surface area (Å²) in [5, 5.41) is 0.363. The average molecular weight is 337 g/mol. The number of hydrogen-bond acceptors (Lipinski definition) is 3. The van der Waals surface area contributed by atoms with Gasteiger partial charge in [0.05, 0.1) is 10.6 Å². The zero-order chi connectivity index (χ0) is 16.8. The maximum Gasteiger partial charge on any atom is 0.279 e. The van der Waals surface area contributed by atoms with Crippen LogP contribution in [0.4, 0.5) is 4.39 Å². The summed E-state index contributed by atoms with van der Waals surface area (Å²) in [5.74, 6) is -1.70. The van der Waals surface area contributed by atoms with Gasteiger partial charge in [0, 0.05) is 0 Å². The molecule has 1 unspecified atom stereocenters. The minimum absolute atomic E-state index is 0.174. The van der Waals surface area contributed by atoms with Gasteiger partial charge in [0.15, 0.2) is 6.10 Å². The Morgan fingerprint density at radius 3 is 2.43 bits per heavy atom. The van der Waals surface area contributed by atoms with E-state index in [9.17, 15) is 14.0 Å². The summed E-state index contributed by atoms with van der Waals surface area (Å²) in [6.45, 7) is 1.49. The van der Waals surface area contributed by atoms with Gasteiger partial charge in [0.2, 0.25) is 0 Å². The molecule has 0 saturated carbocycles. The summed E-state index contributed by atoms with van der Waals surface area (Å²) in [4.78, 5) is 23.7. The Hall–Kier alpha value is -2.60. The van der Waals surface area contributed by atoms with Gasteiger partial charge >= 0.3 is 0 Å². The zero-order valence-electron chi connectivity index (χ0n) is 12.2. The molecule has 120 valence electrons. The normalized spacial score (nSPS) is 11.4. The smallest absolute Gasteiger partial charge is 0.279 e. The maximum absolute atomic E-state index is 13.4. The molecule has 0 aliphatic carbocycles. The van der Waals surface area contributed by atoms with E-state index in [4.69, 9.17) is 16.3 Å². The van der Waals surface area contributed by atoms with Gasteiger partial charge in [-0.15, -0.1) is 0 Å². The Balaban J connectivity index is 1.91. The minimum atomic E-state index is -0.907. The van der Waals surface area contributed by atoms with Crippen LogP contribution in [-0.4, -0.2) is 17.9 Å². The molecule has 5 nitrogen and oxygen atoms in total. The van der Waals surface area contributed by atoms with Crippen LogP contribution in [-0.2, 0) is 4.79 Å². The Kier molecular flexibility index (Phi) is 5.54. The van der Waals surface area contributed by atoms with E-state index in [2.05, 4.69) is 10.9 Å². The molecule has 2 aromatic carbocycles. The highest BCUT2D eigenvalue weighted by Gasteiger charge is 2.17. The lowest BCUT2D eigenvalue weighted by molar-refractivity contribution is -0.128. The van der Waals surface area contributed by atoms with E-state index in [1.54, 1.807) is 24.3 Å². The maximum atomic E-state index is 13.4. The fourth-order valence-corrected chi connectivity index (χ4v) is 1.90. The summed E-state index contributed by atoms with van der Waals surface area (Å²) in [6.07, 6.45) is -0.907. The average Bonchev–Trinajstić information content (AvgIpc) is 2.54. The number of ether oxygens (including phenoxy) is 1.